The summed E-state index contributed by atoms with van der Waals surface area (Å²) in [5.41, 5.74) is 0. The molecule has 0 aliphatic rings. The van der Waals surface area contributed by atoms with E-state index in [4.69, 9.17) is 0 Å². The van der Waals surface area contributed by atoms with E-state index < -0.39 is 0 Å². The van der Waals surface area contributed by atoms with Gasteiger partial charge in [-0.3, -0.25) is 10.2 Å². The first kappa shape index (κ1) is 15.1. The molecule has 1 unspecified atom stereocenters. The number of nitrogens with one attached hydrogen (secondary N) is 3. The highest BCUT2D eigenvalue weighted by atomic mass is 28.2. The quantitative estimate of drug-likeness (QED) is 0.368. The van der Waals surface area contributed by atoms with Gasteiger partial charge in [0.1, 0.15) is 5.79 Å². The number of likely N-dealkylation sites (N-methyl/N-ethyl adjacent to an activating group) is 3. The lowest BCUT2D eigenvalue weighted by Crippen LogP contribution is -2.70. The highest BCUT2D eigenvalue weighted by molar-refractivity contribution is 6.04. The topological polar surface area (TPSA) is 39.3 Å². The standard InChI is InChI=1S/C10H28N4Si/c1-6-14(7-9(2)3)10(12-5,13-15)8-11-4/h9,11-13H,6-8H2,1-5,15H3. The van der Waals surface area contributed by atoms with Gasteiger partial charge in [-0.1, -0.05) is 20.8 Å². The van der Waals surface area contributed by atoms with Crippen LogP contribution in [0.1, 0.15) is 20.8 Å². The van der Waals surface area contributed by atoms with Crippen LogP contribution in [-0.4, -0.2) is 54.8 Å². The van der Waals surface area contributed by atoms with Crippen molar-refractivity contribution >= 4 is 10.4 Å². The van der Waals surface area contributed by atoms with Crippen LogP contribution in [0.2, 0.25) is 0 Å². The Kier molecular flexibility index (Phi) is 7.38. The Labute approximate surface area is 97.7 Å². The second-order valence-electron chi connectivity index (χ2n) is 4.32. The van der Waals surface area contributed by atoms with Gasteiger partial charge < -0.3 is 10.3 Å². The van der Waals surface area contributed by atoms with Gasteiger partial charge in [0.25, 0.3) is 0 Å². The Bertz CT molecular complexity index is 160. The van der Waals surface area contributed by atoms with Gasteiger partial charge in [-0.2, -0.15) is 0 Å². The van der Waals surface area contributed by atoms with Gasteiger partial charge in [0, 0.05) is 13.1 Å². The molecule has 0 aromatic heterocycles. The van der Waals surface area contributed by atoms with Crippen LogP contribution in [0.5, 0.6) is 0 Å². The second-order valence-corrected chi connectivity index (χ2v) is 4.82. The molecule has 0 radical (unpaired) electrons. The SMILES string of the molecule is CCN(CC(C)C)C(CNC)(NC)N[SiH3]. The molecule has 0 saturated carbocycles. The summed E-state index contributed by atoms with van der Waals surface area (Å²) in [7, 11) is 4.99. The summed E-state index contributed by atoms with van der Waals surface area (Å²) in [6, 6.07) is 0. The molecule has 0 aromatic rings. The van der Waals surface area contributed by atoms with Crippen LogP contribution >= 0.6 is 0 Å². The summed E-state index contributed by atoms with van der Waals surface area (Å²) in [6.45, 7) is 9.80. The normalized spacial score (nSPS) is 16.2. The Morgan fingerprint density at radius 1 is 1.33 bits per heavy atom. The van der Waals surface area contributed by atoms with Gasteiger partial charge in [0.15, 0.2) is 0 Å². The molecular formula is C10H28N4Si. The van der Waals surface area contributed by atoms with Crippen LogP contribution < -0.4 is 15.6 Å². The van der Waals surface area contributed by atoms with E-state index in [-0.39, 0.29) is 5.79 Å². The zero-order valence-electron chi connectivity index (χ0n) is 11.1. The lowest BCUT2D eigenvalue weighted by molar-refractivity contribution is 0.0458. The van der Waals surface area contributed by atoms with E-state index >= 15 is 0 Å². The highest BCUT2D eigenvalue weighted by Gasteiger charge is 2.31. The van der Waals surface area contributed by atoms with Crippen molar-refractivity contribution in [3.63, 3.8) is 0 Å². The molecule has 0 rings (SSSR count). The largest absolute Gasteiger partial charge is 0.316 e. The highest BCUT2D eigenvalue weighted by Crippen LogP contribution is 2.09. The summed E-state index contributed by atoms with van der Waals surface area (Å²) < 4.78 is 0. The van der Waals surface area contributed by atoms with E-state index in [0.29, 0.717) is 5.92 Å². The van der Waals surface area contributed by atoms with E-state index in [1.54, 1.807) is 0 Å². The number of hydrogen-bond acceptors (Lipinski definition) is 4. The monoisotopic (exact) mass is 232 g/mol. The van der Waals surface area contributed by atoms with Crippen LogP contribution in [0.3, 0.4) is 0 Å². The fourth-order valence-corrected chi connectivity index (χ4v) is 2.72. The van der Waals surface area contributed by atoms with E-state index in [1.807, 2.05) is 14.1 Å². The van der Waals surface area contributed by atoms with Crippen molar-refractivity contribution in [2.24, 2.45) is 5.92 Å². The molecule has 0 heterocycles. The predicted octanol–water partition coefficient (Wildman–Crippen LogP) is -1.07. The van der Waals surface area contributed by atoms with Crippen LogP contribution in [-0.2, 0) is 0 Å². The van der Waals surface area contributed by atoms with E-state index in [2.05, 4.69) is 41.3 Å². The Balaban J connectivity index is 4.66. The summed E-state index contributed by atoms with van der Waals surface area (Å²) in [6.07, 6.45) is 0. The summed E-state index contributed by atoms with van der Waals surface area (Å²) >= 11 is 0. The molecule has 0 aliphatic carbocycles. The molecule has 0 spiro atoms. The average molecular weight is 232 g/mol. The molecule has 15 heavy (non-hydrogen) atoms. The van der Waals surface area contributed by atoms with Crippen molar-refractivity contribution in [1.82, 2.24) is 20.5 Å². The van der Waals surface area contributed by atoms with Gasteiger partial charge in [-0.05, 0) is 26.6 Å². The maximum atomic E-state index is 3.51. The molecule has 1 atom stereocenters. The zero-order chi connectivity index (χ0) is 11.9. The molecule has 92 valence electrons. The minimum Gasteiger partial charge on any atom is -0.316 e. The maximum Gasteiger partial charge on any atom is 0.132 e. The molecule has 0 amide bonds. The zero-order valence-corrected chi connectivity index (χ0v) is 13.1. The number of hydrogen-bond donors (Lipinski definition) is 3. The Hall–Kier alpha value is 0.0569. The van der Waals surface area contributed by atoms with Crippen LogP contribution in [0, 0.1) is 5.92 Å². The van der Waals surface area contributed by atoms with Crippen LogP contribution in [0.15, 0.2) is 0 Å². The van der Waals surface area contributed by atoms with E-state index in [1.165, 1.54) is 0 Å². The summed E-state index contributed by atoms with van der Waals surface area (Å²) in [5.74, 6) is 0.601. The fourth-order valence-electron chi connectivity index (χ4n) is 1.98. The van der Waals surface area contributed by atoms with Crippen molar-refractivity contribution in [2.75, 3.05) is 33.7 Å². The first-order chi connectivity index (χ1) is 7.06. The molecule has 0 aromatic carbocycles. The van der Waals surface area contributed by atoms with Crippen molar-refractivity contribution in [1.29, 1.82) is 0 Å². The lowest BCUT2D eigenvalue weighted by atomic mass is 10.1. The van der Waals surface area contributed by atoms with Gasteiger partial charge in [0.05, 0.1) is 10.4 Å². The van der Waals surface area contributed by atoms with E-state index in [0.717, 1.165) is 30.0 Å². The van der Waals surface area contributed by atoms with Gasteiger partial charge in [-0.15, -0.1) is 0 Å². The van der Waals surface area contributed by atoms with Gasteiger partial charge >= 0.3 is 0 Å². The van der Waals surface area contributed by atoms with Crippen LogP contribution in [0.25, 0.3) is 0 Å². The smallest absolute Gasteiger partial charge is 0.132 e. The van der Waals surface area contributed by atoms with Crippen molar-refractivity contribution in [3.05, 3.63) is 0 Å². The maximum absolute atomic E-state index is 3.51. The first-order valence-electron chi connectivity index (χ1n) is 5.83. The number of rotatable bonds is 8. The second kappa shape index (κ2) is 7.35. The summed E-state index contributed by atoms with van der Waals surface area (Å²) in [5, 5.41) is 6.66. The molecular weight excluding hydrogens is 204 g/mol. The third-order valence-electron chi connectivity index (χ3n) is 2.77. The Morgan fingerprint density at radius 3 is 2.20 bits per heavy atom. The van der Waals surface area contributed by atoms with Gasteiger partial charge in [0.2, 0.25) is 0 Å². The Morgan fingerprint density at radius 2 is 1.93 bits per heavy atom. The molecule has 0 saturated heterocycles. The van der Waals surface area contributed by atoms with Crippen molar-refractivity contribution in [3.8, 4) is 0 Å². The van der Waals surface area contributed by atoms with Crippen molar-refractivity contribution < 1.29 is 0 Å². The van der Waals surface area contributed by atoms with Crippen molar-refractivity contribution in [2.45, 2.75) is 26.6 Å². The van der Waals surface area contributed by atoms with E-state index in [9.17, 15) is 0 Å². The molecule has 4 nitrogen and oxygen atoms in total. The minimum atomic E-state index is -0.0833. The minimum absolute atomic E-state index is 0.0833. The average Bonchev–Trinajstić information content (AvgIpc) is 2.23. The molecule has 0 aliphatic heterocycles. The molecule has 0 fully saturated rings. The third kappa shape index (κ3) is 4.20. The molecule has 0 bridgehead atoms. The van der Waals surface area contributed by atoms with Gasteiger partial charge in [-0.25, -0.2) is 0 Å². The molecule has 5 heteroatoms. The first-order valence-corrected chi connectivity index (χ1v) is 6.83. The lowest BCUT2D eigenvalue weighted by Gasteiger charge is -2.44. The predicted molar refractivity (Wildman–Crippen MR) is 70.9 cm³/mol. The van der Waals surface area contributed by atoms with Crippen LogP contribution in [0.4, 0.5) is 0 Å². The summed E-state index contributed by atoms with van der Waals surface area (Å²) in [4.78, 5) is 5.97. The fraction of sp³-hybridized carbons (Fsp3) is 1.00. The number of nitrogens with zero attached hydrogens (tertiary/aromatic N) is 1. The molecule has 3 N–H and O–H groups in total. The third-order valence-corrected chi connectivity index (χ3v) is 3.59.